The van der Waals surface area contributed by atoms with Gasteiger partial charge in [-0.15, -0.1) is 0 Å². The summed E-state index contributed by atoms with van der Waals surface area (Å²) in [5.74, 6) is -0.514. The van der Waals surface area contributed by atoms with Gasteiger partial charge in [-0.25, -0.2) is 14.5 Å². The van der Waals surface area contributed by atoms with E-state index < -0.39 is 18.5 Å². The summed E-state index contributed by atoms with van der Waals surface area (Å²) in [6, 6.07) is 14.1. The molecule has 2 heterocycles. The Hall–Kier alpha value is -3.99. The van der Waals surface area contributed by atoms with E-state index in [1.54, 1.807) is 41.1 Å². The molecule has 0 aliphatic rings. The van der Waals surface area contributed by atoms with Crippen LogP contribution in [0.5, 0.6) is 0 Å². The quantitative estimate of drug-likeness (QED) is 0.649. The lowest BCUT2D eigenvalue weighted by Gasteiger charge is -2.08. The number of nitriles is 1. The molecule has 1 aromatic carbocycles. The normalized spacial score (nSPS) is 10.2. The maximum Gasteiger partial charge on any atom is 0.340 e. The highest BCUT2D eigenvalue weighted by Crippen LogP contribution is 2.12. The van der Waals surface area contributed by atoms with E-state index in [1.807, 2.05) is 19.9 Å². The molecule has 0 aliphatic carbocycles. The molecule has 29 heavy (non-hydrogen) atoms. The van der Waals surface area contributed by atoms with Crippen LogP contribution in [-0.4, -0.2) is 33.2 Å². The predicted molar refractivity (Wildman–Crippen MR) is 106 cm³/mol. The Labute approximate surface area is 167 Å². The van der Waals surface area contributed by atoms with Crippen LogP contribution in [0.1, 0.15) is 27.3 Å². The van der Waals surface area contributed by atoms with Crippen LogP contribution in [0.3, 0.4) is 0 Å². The van der Waals surface area contributed by atoms with Crippen LogP contribution in [0.15, 0.2) is 48.7 Å². The van der Waals surface area contributed by atoms with E-state index in [4.69, 9.17) is 10.00 Å². The highest BCUT2D eigenvalue weighted by Gasteiger charge is 2.12. The van der Waals surface area contributed by atoms with Crippen molar-refractivity contribution in [3.05, 3.63) is 71.2 Å². The number of carbonyl (C=O) groups excluding carboxylic acids is 2. The number of anilines is 1. The molecule has 0 spiro atoms. The van der Waals surface area contributed by atoms with Crippen LogP contribution in [0.25, 0.3) is 5.82 Å². The lowest BCUT2D eigenvalue weighted by atomic mass is 10.1. The van der Waals surface area contributed by atoms with Crippen LogP contribution >= 0.6 is 0 Å². The van der Waals surface area contributed by atoms with E-state index in [2.05, 4.69) is 21.5 Å². The fraction of sp³-hybridized carbons (Fsp3) is 0.190. The molecule has 146 valence electrons. The molecule has 0 bridgehead atoms. The maximum atomic E-state index is 12.1. The van der Waals surface area contributed by atoms with Gasteiger partial charge >= 0.3 is 5.97 Å². The molecule has 3 rings (SSSR count). The van der Waals surface area contributed by atoms with Crippen molar-refractivity contribution in [2.24, 2.45) is 0 Å². The molecule has 8 nitrogen and oxygen atoms in total. The molecule has 0 aliphatic heterocycles. The Kier molecular flexibility index (Phi) is 6.00. The maximum absolute atomic E-state index is 12.1. The fourth-order valence-electron chi connectivity index (χ4n) is 2.70. The van der Waals surface area contributed by atoms with Gasteiger partial charge in [-0.3, -0.25) is 4.79 Å². The number of aromatic nitrogens is 3. The zero-order chi connectivity index (χ0) is 20.8. The first-order valence-electron chi connectivity index (χ1n) is 8.89. The summed E-state index contributed by atoms with van der Waals surface area (Å²) in [5, 5.41) is 15.6. The van der Waals surface area contributed by atoms with Crippen LogP contribution < -0.4 is 5.32 Å². The van der Waals surface area contributed by atoms with E-state index in [1.165, 1.54) is 6.20 Å². The average Bonchev–Trinajstić information content (AvgIpc) is 3.06. The van der Waals surface area contributed by atoms with Gasteiger partial charge in [0.1, 0.15) is 0 Å². The summed E-state index contributed by atoms with van der Waals surface area (Å²) in [6.07, 6.45) is 1.69. The summed E-state index contributed by atoms with van der Waals surface area (Å²) in [6.45, 7) is 3.39. The second kappa shape index (κ2) is 8.80. The molecule has 0 saturated carbocycles. The largest absolute Gasteiger partial charge is 0.452 e. The second-order valence-corrected chi connectivity index (χ2v) is 6.40. The standard InChI is InChI=1S/C21H19N5O3/c1-14-11-15(2)26(25-14)19-8-5-17(12-23-19)21(28)29-13-20(27)24-18-6-3-16(4-7-18)9-10-22/h3-8,11-12H,9,13H2,1-2H3,(H,24,27). The number of nitrogens with zero attached hydrogens (tertiary/aromatic N) is 4. The molecule has 1 amide bonds. The number of esters is 1. The number of nitrogens with one attached hydrogen (secondary N) is 1. The third-order valence-electron chi connectivity index (χ3n) is 4.07. The van der Waals surface area contributed by atoms with Gasteiger partial charge in [0.05, 0.1) is 23.7 Å². The molecule has 3 aromatic rings. The minimum atomic E-state index is -0.642. The van der Waals surface area contributed by atoms with Gasteiger partial charge in [0.15, 0.2) is 12.4 Å². The van der Waals surface area contributed by atoms with Crippen LogP contribution in [0.2, 0.25) is 0 Å². The lowest BCUT2D eigenvalue weighted by molar-refractivity contribution is -0.119. The number of amides is 1. The number of pyridine rings is 1. The Morgan fingerprint density at radius 1 is 1.17 bits per heavy atom. The summed E-state index contributed by atoms with van der Waals surface area (Å²) in [5.41, 5.74) is 3.46. The Morgan fingerprint density at radius 3 is 2.52 bits per heavy atom. The summed E-state index contributed by atoms with van der Waals surface area (Å²) in [7, 11) is 0. The summed E-state index contributed by atoms with van der Waals surface area (Å²) >= 11 is 0. The van der Waals surface area contributed by atoms with Crippen molar-refractivity contribution in [3.8, 4) is 11.9 Å². The third-order valence-corrected chi connectivity index (χ3v) is 4.07. The zero-order valence-electron chi connectivity index (χ0n) is 16.0. The fourth-order valence-corrected chi connectivity index (χ4v) is 2.70. The number of aryl methyl sites for hydroxylation is 2. The van der Waals surface area contributed by atoms with Crippen molar-refractivity contribution in [1.29, 1.82) is 5.26 Å². The van der Waals surface area contributed by atoms with Crippen molar-refractivity contribution in [1.82, 2.24) is 14.8 Å². The van der Waals surface area contributed by atoms with Crippen LogP contribution in [0.4, 0.5) is 5.69 Å². The molecular weight excluding hydrogens is 370 g/mol. The third kappa shape index (κ3) is 5.05. The molecular formula is C21H19N5O3. The second-order valence-electron chi connectivity index (χ2n) is 6.40. The minimum Gasteiger partial charge on any atom is -0.452 e. The zero-order valence-corrected chi connectivity index (χ0v) is 16.0. The monoisotopic (exact) mass is 389 g/mol. The smallest absolute Gasteiger partial charge is 0.340 e. The Balaban J connectivity index is 1.54. The first-order valence-corrected chi connectivity index (χ1v) is 8.89. The summed E-state index contributed by atoms with van der Waals surface area (Å²) in [4.78, 5) is 28.4. The van der Waals surface area contributed by atoms with Crippen LogP contribution in [-0.2, 0) is 16.0 Å². The first-order chi connectivity index (χ1) is 14.0. The Morgan fingerprint density at radius 2 is 1.93 bits per heavy atom. The van der Waals surface area contributed by atoms with E-state index >= 15 is 0 Å². The number of benzene rings is 1. The molecule has 1 N–H and O–H groups in total. The number of hydrogen-bond donors (Lipinski definition) is 1. The highest BCUT2D eigenvalue weighted by atomic mass is 16.5. The van der Waals surface area contributed by atoms with Gasteiger partial charge < -0.3 is 10.1 Å². The molecule has 0 unspecified atom stereocenters. The molecule has 2 aromatic heterocycles. The van der Waals surface area contributed by atoms with Crippen LogP contribution in [0, 0.1) is 25.2 Å². The molecule has 0 atom stereocenters. The summed E-state index contributed by atoms with van der Waals surface area (Å²) < 4.78 is 6.72. The van der Waals surface area contributed by atoms with E-state index in [0.29, 0.717) is 17.9 Å². The van der Waals surface area contributed by atoms with Crippen molar-refractivity contribution in [2.75, 3.05) is 11.9 Å². The lowest BCUT2D eigenvalue weighted by Crippen LogP contribution is -2.21. The average molecular weight is 389 g/mol. The van der Waals surface area contributed by atoms with E-state index in [0.717, 1.165) is 17.0 Å². The van der Waals surface area contributed by atoms with Crippen molar-refractivity contribution >= 4 is 17.6 Å². The van der Waals surface area contributed by atoms with Gasteiger partial charge in [0.25, 0.3) is 5.91 Å². The molecule has 0 radical (unpaired) electrons. The highest BCUT2D eigenvalue weighted by molar-refractivity contribution is 5.95. The van der Waals surface area contributed by atoms with Crippen molar-refractivity contribution in [3.63, 3.8) is 0 Å². The number of hydrogen-bond acceptors (Lipinski definition) is 6. The van der Waals surface area contributed by atoms with Crippen molar-refractivity contribution in [2.45, 2.75) is 20.3 Å². The van der Waals surface area contributed by atoms with E-state index in [-0.39, 0.29) is 5.56 Å². The van der Waals surface area contributed by atoms with E-state index in [9.17, 15) is 9.59 Å². The van der Waals surface area contributed by atoms with Gasteiger partial charge in [0, 0.05) is 17.6 Å². The number of rotatable bonds is 6. The Bertz CT molecular complexity index is 1060. The first kappa shape index (κ1) is 19.8. The molecule has 0 fully saturated rings. The van der Waals surface area contributed by atoms with Crippen molar-refractivity contribution < 1.29 is 14.3 Å². The van der Waals surface area contributed by atoms with Gasteiger partial charge in [-0.1, -0.05) is 12.1 Å². The molecule has 0 saturated heterocycles. The van der Waals surface area contributed by atoms with Gasteiger partial charge in [-0.2, -0.15) is 10.4 Å². The van der Waals surface area contributed by atoms with Gasteiger partial charge in [0.2, 0.25) is 0 Å². The number of ether oxygens (including phenoxy) is 1. The molecule has 8 heteroatoms. The predicted octanol–water partition coefficient (Wildman–Crippen LogP) is 2.75. The number of carbonyl (C=O) groups is 2. The minimum absolute atomic E-state index is 0.240. The SMILES string of the molecule is Cc1cc(C)n(-c2ccc(C(=O)OCC(=O)Nc3ccc(CC#N)cc3)cn2)n1. The van der Waals surface area contributed by atoms with Gasteiger partial charge in [-0.05, 0) is 49.7 Å². The topological polar surface area (TPSA) is 110 Å².